The molecule has 35 heavy (non-hydrogen) atoms. The quantitative estimate of drug-likeness (QED) is 0.367. The second-order valence-electron chi connectivity index (χ2n) is 9.13. The summed E-state index contributed by atoms with van der Waals surface area (Å²) in [6.07, 6.45) is -1.37. The Bertz CT molecular complexity index is 1310. The van der Waals surface area contributed by atoms with Crippen LogP contribution in [0.15, 0.2) is 73.1 Å². The van der Waals surface area contributed by atoms with E-state index in [0.717, 1.165) is 17.7 Å². The minimum atomic E-state index is -4.41. The number of hydrogen-bond donors (Lipinski definition) is 1. The first-order valence-corrected chi connectivity index (χ1v) is 11.0. The second-order valence-corrected chi connectivity index (χ2v) is 9.13. The maximum atomic E-state index is 13.0. The third-order valence-electron chi connectivity index (χ3n) is 5.28. The number of fused-ring (bicyclic) bond motifs is 1. The fourth-order valence-corrected chi connectivity index (χ4v) is 3.75. The summed E-state index contributed by atoms with van der Waals surface area (Å²) >= 11 is 0. The number of amides is 1. The number of aromatic nitrogens is 3. The fourth-order valence-electron chi connectivity index (χ4n) is 3.75. The molecule has 4 aromatic rings. The van der Waals surface area contributed by atoms with Crippen molar-refractivity contribution in [3.8, 4) is 11.1 Å². The molecular weight excluding hydrogens is 457 g/mol. The van der Waals surface area contributed by atoms with Gasteiger partial charge in [-0.3, -0.25) is 0 Å². The van der Waals surface area contributed by atoms with Gasteiger partial charge in [-0.1, -0.05) is 42.5 Å². The Morgan fingerprint density at radius 1 is 1.03 bits per heavy atom. The highest BCUT2D eigenvalue weighted by atomic mass is 19.4. The first-order valence-electron chi connectivity index (χ1n) is 11.0. The summed E-state index contributed by atoms with van der Waals surface area (Å²) in [5.74, 6) is 0. The highest BCUT2D eigenvalue weighted by Gasteiger charge is 2.30. The largest absolute Gasteiger partial charge is 0.444 e. The monoisotopic (exact) mass is 482 g/mol. The minimum Gasteiger partial charge on any atom is -0.444 e. The van der Waals surface area contributed by atoms with Gasteiger partial charge in [-0.05, 0) is 56.5 Å². The molecule has 2 heterocycles. The van der Waals surface area contributed by atoms with Crippen molar-refractivity contribution in [1.29, 1.82) is 0 Å². The maximum absolute atomic E-state index is 13.0. The lowest BCUT2D eigenvalue weighted by Gasteiger charge is -2.24. The zero-order valence-electron chi connectivity index (χ0n) is 19.5. The Labute approximate surface area is 200 Å². The van der Waals surface area contributed by atoms with Crippen molar-refractivity contribution in [2.75, 3.05) is 0 Å². The van der Waals surface area contributed by atoms with Gasteiger partial charge in [0.1, 0.15) is 5.60 Å². The molecule has 1 unspecified atom stereocenters. The topological polar surface area (TPSA) is 68.5 Å². The van der Waals surface area contributed by atoms with Crippen LogP contribution in [0.4, 0.5) is 18.0 Å². The van der Waals surface area contributed by atoms with Gasteiger partial charge in [-0.15, -0.1) is 0 Å². The van der Waals surface area contributed by atoms with Crippen molar-refractivity contribution in [2.24, 2.45) is 0 Å². The number of ether oxygens (including phenoxy) is 1. The normalized spacial score (nSPS) is 13.0. The first-order chi connectivity index (χ1) is 16.5. The van der Waals surface area contributed by atoms with Gasteiger partial charge < -0.3 is 10.1 Å². The third kappa shape index (κ3) is 5.79. The molecule has 0 aliphatic heterocycles. The first kappa shape index (κ1) is 24.3. The van der Waals surface area contributed by atoms with Crippen molar-refractivity contribution < 1.29 is 22.7 Å². The molecule has 0 aliphatic carbocycles. The van der Waals surface area contributed by atoms with Crippen LogP contribution in [0, 0.1) is 0 Å². The van der Waals surface area contributed by atoms with Gasteiger partial charge in [0.05, 0.1) is 23.5 Å². The van der Waals surface area contributed by atoms with E-state index in [2.05, 4.69) is 15.4 Å². The molecule has 0 aliphatic rings. The molecule has 0 fully saturated rings. The highest BCUT2D eigenvalue weighted by molar-refractivity contribution is 5.77. The summed E-state index contributed by atoms with van der Waals surface area (Å²) in [5, 5.41) is 7.38. The fraction of sp³-hybridized carbons (Fsp3) is 0.269. The number of carbonyl (C=O) groups excluding carboxylic acids is 1. The average molecular weight is 483 g/mol. The van der Waals surface area contributed by atoms with Crippen molar-refractivity contribution in [1.82, 2.24) is 19.9 Å². The smallest absolute Gasteiger partial charge is 0.416 e. The van der Waals surface area contributed by atoms with Crippen LogP contribution in [-0.2, 0) is 17.3 Å². The Hall–Kier alpha value is -3.88. The number of nitrogens with zero attached hydrogens (tertiary/aromatic N) is 3. The summed E-state index contributed by atoms with van der Waals surface area (Å²) in [6.45, 7) is 5.35. The van der Waals surface area contributed by atoms with Crippen LogP contribution in [0.1, 0.15) is 43.6 Å². The van der Waals surface area contributed by atoms with Crippen molar-refractivity contribution in [3.63, 3.8) is 0 Å². The Morgan fingerprint density at radius 3 is 2.34 bits per heavy atom. The molecule has 0 radical (unpaired) electrons. The lowest BCUT2D eigenvalue weighted by Crippen LogP contribution is -2.36. The number of benzene rings is 2. The zero-order valence-corrected chi connectivity index (χ0v) is 19.5. The number of rotatable bonds is 5. The molecule has 182 valence electrons. The van der Waals surface area contributed by atoms with E-state index < -0.39 is 29.5 Å². The molecule has 0 spiro atoms. The van der Waals surface area contributed by atoms with Crippen LogP contribution < -0.4 is 5.32 Å². The molecular formula is C26H25F3N4O2. The van der Waals surface area contributed by atoms with E-state index in [9.17, 15) is 18.0 Å². The van der Waals surface area contributed by atoms with Crippen molar-refractivity contribution in [2.45, 2.75) is 45.0 Å². The molecule has 0 bridgehead atoms. The standard InChI is InChI=1S/C26H25F3N4O2/c1-25(2,3)35-24(34)32-21(15-17-7-5-4-6-8-17)22-13-14-30-23-20(16-31-33(22)23)18-9-11-19(12-10-18)26(27,28)29/h4-14,16,21H,15H2,1-3H3,(H,32,34). The Morgan fingerprint density at radius 2 is 1.71 bits per heavy atom. The highest BCUT2D eigenvalue weighted by Crippen LogP contribution is 2.32. The van der Waals surface area contributed by atoms with E-state index >= 15 is 0 Å². The summed E-state index contributed by atoms with van der Waals surface area (Å²) in [5.41, 5.74) is 1.85. The van der Waals surface area contributed by atoms with Gasteiger partial charge in [0.25, 0.3) is 0 Å². The molecule has 2 aromatic heterocycles. The van der Waals surface area contributed by atoms with E-state index in [0.29, 0.717) is 28.9 Å². The van der Waals surface area contributed by atoms with Crippen LogP contribution in [0.3, 0.4) is 0 Å². The van der Waals surface area contributed by atoms with E-state index in [1.165, 1.54) is 12.1 Å². The lowest BCUT2D eigenvalue weighted by atomic mass is 10.0. The Balaban J connectivity index is 1.72. The van der Waals surface area contributed by atoms with Crippen LogP contribution in [0.25, 0.3) is 16.8 Å². The molecule has 4 rings (SSSR count). The van der Waals surface area contributed by atoms with Gasteiger partial charge in [-0.2, -0.15) is 18.3 Å². The number of alkyl halides is 3. The Kier molecular flexibility index (Phi) is 6.51. The molecule has 6 nitrogen and oxygen atoms in total. The van der Waals surface area contributed by atoms with Crippen LogP contribution in [0.2, 0.25) is 0 Å². The van der Waals surface area contributed by atoms with Gasteiger partial charge in [0.15, 0.2) is 5.65 Å². The van der Waals surface area contributed by atoms with Crippen molar-refractivity contribution >= 4 is 11.7 Å². The summed E-state index contributed by atoms with van der Waals surface area (Å²) in [6, 6.07) is 15.8. The van der Waals surface area contributed by atoms with E-state index in [1.54, 1.807) is 43.7 Å². The molecule has 9 heteroatoms. The van der Waals surface area contributed by atoms with Crippen LogP contribution in [-0.4, -0.2) is 26.3 Å². The SMILES string of the molecule is CC(C)(C)OC(=O)NC(Cc1ccccc1)c1ccnc2c(-c3ccc(C(F)(F)F)cc3)cnn12. The van der Waals surface area contributed by atoms with Gasteiger partial charge >= 0.3 is 12.3 Å². The predicted molar refractivity (Wildman–Crippen MR) is 126 cm³/mol. The summed E-state index contributed by atoms with van der Waals surface area (Å²) < 4.78 is 46.0. The molecule has 0 saturated heterocycles. The van der Waals surface area contributed by atoms with E-state index in [1.807, 2.05) is 30.3 Å². The molecule has 2 aromatic carbocycles. The third-order valence-corrected chi connectivity index (χ3v) is 5.28. The van der Waals surface area contributed by atoms with E-state index in [4.69, 9.17) is 4.74 Å². The van der Waals surface area contributed by atoms with E-state index in [-0.39, 0.29) is 0 Å². The molecule has 1 N–H and O–H groups in total. The minimum absolute atomic E-state index is 0.464. The average Bonchev–Trinajstić information content (AvgIpc) is 3.22. The van der Waals surface area contributed by atoms with Crippen LogP contribution >= 0.6 is 0 Å². The van der Waals surface area contributed by atoms with Gasteiger partial charge in [0, 0.05) is 11.8 Å². The lowest BCUT2D eigenvalue weighted by molar-refractivity contribution is -0.137. The zero-order chi connectivity index (χ0) is 25.2. The molecule has 0 saturated carbocycles. The second kappa shape index (κ2) is 9.40. The predicted octanol–water partition coefficient (Wildman–Crippen LogP) is 6.22. The molecule has 1 amide bonds. The van der Waals surface area contributed by atoms with Crippen molar-refractivity contribution in [3.05, 3.63) is 89.9 Å². The molecule has 1 atom stereocenters. The number of hydrogen-bond acceptors (Lipinski definition) is 4. The summed E-state index contributed by atoms with van der Waals surface area (Å²) in [4.78, 5) is 17.0. The number of carbonyl (C=O) groups is 1. The maximum Gasteiger partial charge on any atom is 0.416 e. The number of alkyl carbamates (subject to hydrolysis) is 1. The number of halogens is 3. The van der Waals surface area contributed by atoms with Gasteiger partial charge in [-0.25, -0.2) is 14.3 Å². The van der Waals surface area contributed by atoms with Gasteiger partial charge in [0.2, 0.25) is 0 Å². The van der Waals surface area contributed by atoms with Crippen LogP contribution in [0.5, 0.6) is 0 Å². The summed E-state index contributed by atoms with van der Waals surface area (Å²) in [7, 11) is 0. The number of nitrogens with one attached hydrogen (secondary N) is 1.